The third kappa shape index (κ3) is 8.04. The summed E-state index contributed by atoms with van der Waals surface area (Å²) in [5.41, 5.74) is 0. The number of hydrogen-bond donors (Lipinski definition) is 3. The topological polar surface area (TPSA) is 147 Å². The molecule has 3 N–H and O–H groups in total. The third-order valence-corrected chi connectivity index (χ3v) is 2.79. The Morgan fingerprint density at radius 2 is 1.57 bits per heavy atom. The van der Waals surface area contributed by atoms with Crippen LogP contribution >= 0.6 is 0 Å². The highest BCUT2D eigenvalue weighted by Gasteiger charge is 2.39. The lowest BCUT2D eigenvalue weighted by molar-refractivity contribution is -0.177. The molecule has 0 rings (SSSR count). The SMILES string of the molecule is C[Si](C)(C)OC(=O)C(OC(=O)CCC(=O)O)C(O)C(=O)O. The number of aliphatic hydroxyl groups excluding tert-OH is 1. The Labute approximate surface area is 121 Å². The molecule has 0 bridgehead atoms. The van der Waals surface area contributed by atoms with Crippen molar-refractivity contribution < 1.29 is 43.7 Å². The molecule has 0 radical (unpaired) electrons. The van der Waals surface area contributed by atoms with E-state index in [0.717, 1.165) is 0 Å². The number of carbonyl (C=O) groups is 4. The summed E-state index contributed by atoms with van der Waals surface area (Å²) in [6.45, 7) is 4.92. The van der Waals surface area contributed by atoms with Crippen LogP contribution in [0.15, 0.2) is 0 Å². The molecule has 2 atom stereocenters. The van der Waals surface area contributed by atoms with Crippen molar-refractivity contribution in [3.63, 3.8) is 0 Å². The van der Waals surface area contributed by atoms with Gasteiger partial charge in [-0.15, -0.1) is 0 Å². The van der Waals surface area contributed by atoms with E-state index in [1.54, 1.807) is 19.6 Å². The van der Waals surface area contributed by atoms with Gasteiger partial charge in [-0.25, -0.2) is 9.59 Å². The highest BCUT2D eigenvalue weighted by Crippen LogP contribution is 2.11. The molecule has 0 fully saturated rings. The summed E-state index contributed by atoms with van der Waals surface area (Å²) in [6.07, 6.45) is -5.42. The Hall–Kier alpha value is -1.94. The lowest BCUT2D eigenvalue weighted by Crippen LogP contribution is -2.47. The van der Waals surface area contributed by atoms with E-state index in [1.165, 1.54) is 0 Å². The van der Waals surface area contributed by atoms with E-state index in [2.05, 4.69) is 4.74 Å². The van der Waals surface area contributed by atoms with Crippen LogP contribution in [-0.2, 0) is 28.3 Å². The van der Waals surface area contributed by atoms with Crippen LogP contribution in [-0.4, -0.2) is 59.7 Å². The Bertz CT molecular complexity index is 426. The van der Waals surface area contributed by atoms with E-state index in [0.29, 0.717) is 0 Å². The van der Waals surface area contributed by atoms with Gasteiger partial charge in [0.25, 0.3) is 0 Å². The predicted octanol–water partition coefficient (Wildman–Crippen LogP) is -0.413. The molecule has 0 saturated carbocycles. The van der Waals surface area contributed by atoms with E-state index in [1.807, 2.05) is 0 Å². The maximum absolute atomic E-state index is 11.8. The van der Waals surface area contributed by atoms with Crippen LogP contribution in [0.25, 0.3) is 0 Å². The van der Waals surface area contributed by atoms with Gasteiger partial charge in [0.2, 0.25) is 14.4 Å². The lowest BCUT2D eigenvalue weighted by Gasteiger charge is -2.24. The molecule has 0 spiro atoms. The summed E-state index contributed by atoms with van der Waals surface area (Å²) < 4.78 is 9.53. The van der Waals surface area contributed by atoms with Crippen molar-refractivity contribution in [3.05, 3.63) is 0 Å². The van der Waals surface area contributed by atoms with Gasteiger partial charge in [0.1, 0.15) is 0 Å². The fraction of sp³-hybridized carbons (Fsp3) is 0.636. The first-order valence-corrected chi connectivity index (χ1v) is 9.40. The minimum atomic E-state index is -2.39. The summed E-state index contributed by atoms with van der Waals surface area (Å²) in [6, 6.07) is 0. The van der Waals surface area contributed by atoms with E-state index >= 15 is 0 Å². The van der Waals surface area contributed by atoms with Crippen molar-refractivity contribution in [1.82, 2.24) is 0 Å². The molecule has 0 aliphatic rings. The maximum Gasteiger partial charge on any atom is 0.337 e. The molecule has 0 aromatic carbocycles. The van der Waals surface area contributed by atoms with E-state index in [4.69, 9.17) is 14.6 Å². The van der Waals surface area contributed by atoms with E-state index in [-0.39, 0.29) is 0 Å². The second-order valence-corrected chi connectivity index (χ2v) is 9.55. The molecule has 21 heavy (non-hydrogen) atoms. The zero-order chi connectivity index (χ0) is 16.8. The molecule has 0 heterocycles. The largest absolute Gasteiger partial charge is 0.517 e. The molecule has 0 aromatic rings. The van der Waals surface area contributed by atoms with Crippen LogP contribution in [0.4, 0.5) is 0 Å². The van der Waals surface area contributed by atoms with E-state index in [9.17, 15) is 24.3 Å². The predicted molar refractivity (Wildman–Crippen MR) is 69.8 cm³/mol. The molecule has 0 amide bonds. The summed E-state index contributed by atoms with van der Waals surface area (Å²) in [7, 11) is -2.39. The number of aliphatic carboxylic acids is 2. The average Bonchev–Trinajstić information content (AvgIpc) is 2.30. The van der Waals surface area contributed by atoms with Crippen molar-refractivity contribution in [3.8, 4) is 0 Å². The molecule has 0 aliphatic carbocycles. The first-order chi connectivity index (χ1) is 9.44. The average molecular weight is 322 g/mol. The Balaban J connectivity index is 4.90. The summed E-state index contributed by atoms with van der Waals surface area (Å²) >= 11 is 0. The lowest BCUT2D eigenvalue weighted by atomic mass is 10.2. The van der Waals surface area contributed by atoms with Gasteiger partial charge >= 0.3 is 23.9 Å². The van der Waals surface area contributed by atoms with Crippen molar-refractivity contribution in [2.45, 2.75) is 44.7 Å². The van der Waals surface area contributed by atoms with Crippen molar-refractivity contribution in [2.24, 2.45) is 0 Å². The van der Waals surface area contributed by atoms with Crippen LogP contribution < -0.4 is 0 Å². The standard InChI is InChI=1S/C11H18O9Si/c1-21(2,3)20-11(18)9(8(15)10(16)17)19-7(14)5-4-6(12)13/h8-9,15H,4-5H2,1-3H3,(H,12,13)(H,16,17). The highest BCUT2D eigenvalue weighted by atomic mass is 28.4. The molecule has 120 valence electrons. The maximum atomic E-state index is 11.8. The number of carboxylic acids is 2. The third-order valence-electron chi connectivity index (χ3n) is 1.98. The molecule has 2 unspecified atom stereocenters. The number of carbonyl (C=O) groups excluding carboxylic acids is 2. The molecular weight excluding hydrogens is 304 g/mol. The number of ether oxygens (including phenoxy) is 1. The van der Waals surface area contributed by atoms with Gasteiger partial charge in [-0.2, -0.15) is 0 Å². The van der Waals surface area contributed by atoms with Crippen molar-refractivity contribution >= 4 is 32.2 Å². The molecule has 0 saturated heterocycles. The van der Waals surface area contributed by atoms with Crippen LogP contribution in [0.1, 0.15) is 12.8 Å². The minimum Gasteiger partial charge on any atom is -0.517 e. The monoisotopic (exact) mass is 322 g/mol. The zero-order valence-corrected chi connectivity index (χ0v) is 12.9. The Morgan fingerprint density at radius 1 is 1.05 bits per heavy atom. The normalized spacial score (nSPS) is 13.9. The number of rotatable bonds is 8. The molecule has 0 aromatic heterocycles. The van der Waals surface area contributed by atoms with Gasteiger partial charge in [0.05, 0.1) is 12.8 Å². The molecule has 0 aliphatic heterocycles. The fourth-order valence-corrected chi connectivity index (χ4v) is 1.86. The fourth-order valence-electron chi connectivity index (χ4n) is 1.14. The molecule has 9 nitrogen and oxygen atoms in total. The quantitative estimate of drug-likeness (QED) is 0.400. The number of aliphatic hydroxyl groups is 1. The van der Waals surface area contributed by atoms with Gasteiger partial charge in [-0.05, 0) is 19.6 Å². The van der Waals surface area contributed by atoms with Gasteiger partial charge in [-0.1, -0.05) is 0 Å². The smallest absolute Gasteiger partial charge is 0.337 e. The Kier molecular flexibility index (Phi) is 7.02. The Morgan fingerprint density at radius 3 is 1.95 bits per heavy atom. The summed E-state index contributed by atoms with van der Waals surface area (Å²) in [5.74, 6) is -5.31. The molecule has 10 heteroatoms. The highest BCUT2D eigenvalue weighted by molar-refractivity contribution is 6.71. The molecular formula is C11H18O9Si. The second-order valence-electron chi connectivity index (χ2n) is 5.12. The number of carboxylic acid groups (broad SMARTS) is 2. The van der Waals surface area contributed by atoms with Gasteiger partial charge in [-0.3, -0.25) is 9.59 Å². The van der Waals surface area contributed by atoms with Gasteiger partial charge in [0.15, 0.2) is 6.10 Å². The van der Waals surface area contributed by atoms with Crippen LogP contribution in [0.3, 0.4) is 0 Å². The second kappa shape index (κ2) is 7.74. The minimum absolute atomic E-state index is 0.544. The first kappa shape index (κ1) is 19.1. The van der Waals surface area contributed by atoms with Crippen LogP contribution in [0, 0.1) is 0 Å². The van der Waals surface area contributed by atoms with Gasteiger partial charge < -0.3 is 24.5 Å². The van der Waals surface area contributed by atoms with E-state index < -0.39 is 57.2 Å². The summed E-state index contributed by atoms with van der Waals surface area (Å²) in [4.78, 5) is 44.2. The van der Waals surface area contributed by atoms with Gasteiger partial charge in [0, 0.05) is 0 Å². The van der Waals surface area contributed by atoms with Crippen LogP contribution in [0.5, 0.6) is 0 Å². The van der Waals surface area contributed by atoms with Crippen molar-refractivity contribution in [2.75, 3.05) is 0 Å². The van der Waals surface area contributed by atoms with Crippen LogP contribution in [0.2, 0.25) is 19.6 Å². The number of esters is 1. The zero-order valence-electron chi connectivity index (χ0n) is 11.9. The first-order valence-electron chi connectivity index (χ1n) is 5.99. The number of hydrogen-bond acceptors (Lipinski definition) is 7. The van der Waals surface area contributed by atoms with Crippen molar-refractivity contribution in [1.29, 1.82) is 0 Å². The summed E-state index contributed by atoms with van der Waals surface area (Å²) in [5, 5.41) is 26.5.